The summed E-state index contributed by atoms with van der Waals surface area (Å²) in [6, 6.07) is 0. The van der Waals surface area contributed by atoms with E-state index in [-0.39, 0.29) is 0 Å². The van der Waals surface area contributed by atoms with Crippen molar-refractivity contribution in [3.8, 4) is 12.3 Å². The number of hydrogen-bond donors (Lipinski definition) is 0. The van der Waals surface area contributed by atoms with E-state index in [9.17, 15) is 0 Å². The molecule has 0 radical (unpaired) electrons. The van der Waals surface area contributed by atoms with E-state index in [1.54, 1.807) is 18.5 Å². The van der Waals surface area contributed by atoms with E-state index in [0.717, 1.165) is 16.7 Å². The Labute approximate surface area is 78.8 Å². The van der Waals surface area contributed by atoms with Crippen LogP contribution in [0.2, 0.25) is 0 Å². The molecule has 1 rings (SSSR count). The van der Waals surface area contributed by atoms with Gasteiger partial charge in [-0.25, -0.2) is 0 Å². The SMILES string of the molecule is C#CC(=C)c1c(C)cncc1C=C. The molecule has 0 amide bonds. The minimum atomic E-state index is 0.676. The van der Waals surface area contributed by atoms with Gasteiger partial charge in [0.15, 0.2) is 0 Å². The number of aromatic nitrogens is 1. The zero-order valence-corrected chi connectivity index (χ0v) is 7.67. The Kier molecular flexibility index (Phi) is 2.66. The summed E-state index contributed by atoms with van der Waals surface area (Å²) in [5.41, 5.74) is 3.60. The van der Waals surface area contributed by atoms with E-state index in [1.807, 2.05) is 6.92 Å². The van der Waals surface area contributed by atoms with E-state index >= 15 is 0 Å². The minimum Gasteiger partial charge on any atom is -0.264 e. The molecule has 0 aromatic carbocycles. The Bertz CT molecular complexity index is 394. The molecule has 0 aliphatic carbocycles. The van der Waals surface area contributed by atoms with Crippen LogP contribution in [0.1, 0.15) is 16.7 Å². The quantitative estimate of drug-likeness (QED) is 0.620. The van der Waals surface area contributed by atoms with Gasteiger partial charge in [-0.1, -0.05) is 25.2 Å². The van der Waals surface area contributed by atoms with Crippen LogP contribution in [-0.4, -0.2) is 4.98 Å². The van der Waals surface area contributed by atoms with Gasteiger partial charge in [0, 0.05) is 29.1 Å². The molecule has 0 spiro atoms. The number of allylic oxidation sites excluding steroid dienone is 1. The van der Waals surface area contributed by atoms with E-state index in [1.165, 1.54) is 0 Å². The van der Waals surface area contributed by atoms with E-state index in [0.29, 0.717) is 5.57 Å². The molecule has 0 saturated heterocycles. The van der Waals surface area contributed by atoms with Crippen molar-refractivity contribution in [2.45, 2.75) is 6.92 Å². The fourth-order valence-electron chi connectivity index (χ4n) is 1.23. The third-order valence-electron chi connectivity index (χ3n) is 1.86. The Hall–Kier alpha value is -1.81. The first kappa shape index (κ1) is 9.28. The molecular weight excluding hydrogens is 158 g/mol. The molecule has 1 heterocycles. The summed E-state index contributed by atoms with van der Waals surface area (Å²) in [6.07, 6.45) is 10.5. The maximum absolute atomic E-state index is 5.29. The fourth-order valence-corrected chi connectivity index (χ4v) is 1.23. The maximum Gasteiger partial charge on any atom is 0.0346 e. The van der Waals surface area contributed by atoms with Crippen molar-refractivity contribution in [2.75, 3.05) is 0 Å². The number of nitrogens with zero attached hydrogens (tertiary/aromatic N) is 1. The fraction of sp³-hybridized carbons (Fsp3) is 0.0833. The number of pyridine rings is 1. The number of aryl methyl sites for hydroxylation is 1. The van der Waals surface area contributed by atoms with Crippen LogP contribution in [0.15, 0.2) is 25.6 Å². The summed E-state index contributed by atoms with van der Waals surface area (Å²) >= 11 is 0. The third kappa shape index (κ3) is 1.68. The van der Waals surface area contributed by atoms with Gasteiger partial charge in [0.25, 0.3) is 0 Å². The Morgan fingerprint density at radius 3 is 2.85 bits per heavy atom. The van der Waals surface area contributed by atoms with Crippen molar-refractivity contribution in [3.63, 3.8) is 0 Å². The largest absolute Gasteiger partial charge is 0.264 e. The van der Waals surface area contributed by atoms with Gasteiger partial charge in [-0.3, -0.25) is 4.98 Å². The van der Waals surface area contributed by atoms with Gasteiger partial charge in [-0.2, -0.15) is 0 Å². The van der Waals surface area contributed by atoms with Crippen LogP contribution in [0.5, 0.6) is 0 Å². The number of terminal acetylenes is 1. The summed E-state index contributed by atoms with van der Waals surface area (Å²) in [5, 5.41) is 0. The molecule has 13 heavy (non-hydrogen) atoms. The zero-order valence-electron chi connectivity index (χ0n) is 7.67. The van der Waals surface area contributed by atoms with Gasteiger partial charge < -0.3 is 0 Å². The van der Waals surface area contributed by atoms with Crippen LogP contribution < -0.4 is 0 Å². The lowest BCUT2D eigenvalue weighted by Crippen LogP contribution is -1.92. The van der Waals surface area contributed by atoms with E-state index in [2.05, 4.69) is 24.1 Å². The van der Waals surface area contributed by atoms with Gasteiger partial charge in [-0.15, -0.1) is 6.42 Å². The zero-order chi connectivity index (χ0) is 9.84. The Morgan fingerprint density at radius 1 is 1.62 bits per heavy atom. The number of rotatable bonds is 2. The second-order valence-electron chi connectivity index (χ2n) is 2.75. The van der Waals surface area contributed by atoms with Crippen LogP contribution in [0.3, 0.4) is 0 Å². The second-order valence-corrected chi connectivity index (χ2v) is 2.75. The first-order chi connectivity index (χ1) is 6.20. The molecule has 1 aromatic rings. The number of hydrogen-bond acceptors (Lipinski definition) is 1. The Balaban J connectivity index is 3.41. The van der Waals surface area contributed by atoms with Crippen molar-refractivity contribution in [1.29, 1.82) is 0 Å². The standard InChI is InChI=1S/C12H11N/c1-5-9(3)12-10(4)7-13-8-11(12)6-2/h1,6-8H,2-3H2,4H3. The molecule has 1 heteroatoms. The highest BCUT2D eigenvalue weighted by Gasteiger charge is 2.04. The van der Waals surface area contributed by atoms with Crippen LogP contribution in [0, 0.1) is 19.3 Å². The average molecular weight is 169 g/mol. The molecule has 0 aliphatic heterocycles. The summed E-state index contributed by atoms with van der Waals surface area (Å²) in [4.78, 5) is 4.05. The molecule has 0 aliphatic rings. The second kappa shape index (κ2) is 3.73. The molecule has 1 aromatic heterocycles. The highest BCUT2D eigenvalue weighted by atomic mass is 14.6. The molecule has 0 fully saturated rings. The summed E-state index contributed by atoms with van der Waals surface area (Å²) in [5.74, 6) is 2.53. The lowest BCUT2D eigenvalue weighted by molar-refractivity contribution is 1.24. The summed E-state index contributed by atoms with van der Waals surface area (Å²) in [7, 11) is 0. The lowest BCUT2D eigenvalue weighted by atomic mass is 9.99. The van der Waals surface area contributed by atoms with Gasteiger partial charge in [0.1, 0.15) is 0 Å². The molecule has 1 nitrogen and oxygen atoms in total. The van der Waals surface area contributed by atoms with Gasteiger partial charge >= 0.3 is 0 Å². The Morgan fingerprint density at radius 2 is 2.31 bits per heavy atom. The summed E-state index contributed by atoms with van der Waals surface area (Å²) in [6.45, 7) is 9.46. The van der Waals surface area contributed by atoms with Crippen LogP contribution >= 0.6 is 0 Å². The van der Waals surface area contributed by atoms with Crippen molar-refractivity contribution in [2.24, 2.45) is 0 Å². The van der Waals surface area contributed by atoms with Gasteiger partial charge in [-0.05, 0) is 12.5 Å². The smallest absolute Gasteiger partial charge is 0.0346 e. The molecule has 0 atom stereocenters. The van der Waals surface area contributed by atoms with Crippen molar-refractivity contribution >= 4 is 11.6 Å². The first-order valence-corrected chi connectivity index (χ1v) is 3.93. The molecule has 0 unspecified atom stereocenters. The first-order valence-electron chi connectivity index (χ1n) is 3.93. The molecule has 64 valence electrons. The lowest BCUT2D eigenvalue weighted by Gasteiger charge is -2.06. The van der Waals surface area contributed by atoms with Crippen LogP contribution in [0.4, 0.5) is 0 Å². The summed E-state index contributed by atoms with van der Waals surface area (Å²) < 4.78 is 0. The van der Waals surface area contributed by atoms with Crippen LogP contribution in [-0.2, 0) is 0 Å². The minimum absolute atomic E-state index is 0.676. The van der Waals surface area contributed by atoms with Gasteiger partial charge in [0.2, 0.25) is 0 Å². The van der Waals surface area contributed by atoms with Crippen molar-refractivity contribution < 1.29 is 0 Å². The van der Waals surface area contributed by atoms with Crippen molar-refractivity contribution in [1.82, 2.24) is 4.98 Å². The average Bonchev–Trinajstić information content (AvgIpc) is 2.16. The van der Waals surface area contributed by atoms with Gasteiger partial charge in [0.05, 0.1) is 0 Å². The predicted octanol–water partition coefficient (Wildman–Crippen LogP) is 2.68. The van der Waals surface area contributed by atoms with Crippen LogP contribution in [0.25, 0.3) is 11.6 Å². The highest BCUT2D eigenvalue weighted by Crippen LogP contribution is 2.20. The molecule has 0 saturated carbocycles. The van der Waals surface area contributed by atoms with E-state index < -0.39 is 0 Å². The van der Waals surface area contributed by atoms with E-state index in [4.69, 9.17) is 6.42 Å². The molecule has 0 bridgehead atoms. The van der Waals surface area contributed by atoms with Crippen molar-refractivity contribution in [3.05, 3.63) is 42.2 Å². The normalized spacial score (nSPS) is 8.92. The molecule has 0 N–H and O–H groups in total. The monoisotopic (exact) mass is 169 g/mol. The predicted molar refractivity (Wildman–Crippen MR) is 56.9 cm³/mol. The topological polar surface area (TPSA) is 12.9 Å². The maximum atomic E-state index is 5.29. The third-order valence-corrected chi connectivity index (χ3v) is 1.86. The highest BCUT2D eigenvalue weighted by molar-refractivity contribution is 5.82. The molecular formula is C12H11N.